The largest absolute Gasteiger partial charge is 0.490 e. The first kappa shape index (κ1) is 21.6. The SMILES string of the molecule is CCNC(=NCCc1ccc(OCC)c(OCC)c1)NCCc1cnn(C)c1. The van der Waals surface area contributed by atoms with Gasteiger partial charge in [-0.15, -0.1) is 0 Å². The van der Waals surface area contributed by atoms with E-state index in [1.54, 1.807) is 0 Å². The van der Waals surface area contributed by atoms with Crippen LogP contribution >= 0.6 is 0 Å². The Hall–Kier alpha value is -2.70. The summed E-state index contributed by atoms with van der Waals surface area (Å²) in [6.07, 6.45) is 5.68. The third-order valence-electron chi connectivity index (χ3n) is 4.09. The molecule has 0 aliphatic heterocycles. The molecule has 154 valence electrons. The Morgan fingerprint density at radius 1 is 1.04 bits per heavy atom. The molecule has 0 aliphatic rings. The zero-order valence-electron chi connectivity index (χ0n) is 17.5. The summed E-state index contributed by atoms with van der Waals surface area (Å²) in [6, 6.07) is 6.10. The Kier molecular flexibility index (Phi) is 9.18. The first-order valence-electron chi connectivity index (χ1n) is 10.0. The maximum Gasteiger partial charge on any atom is 0.191 e. The van der Waals surface area contributed by atoms with Crippen LogP contribution in [0.3, 0.4) is 0 Å². The number of ether oxygens (including phenoxy) is 2. The summed E-state index contributed by atoms with van der Waals surface area (Å²) in [5.41, 5.74) is 2.39. The normalized spacial score (nSPS) is 11.4. The predicted octanol–water partition coefficient (Wildman–Crippen LogP) is 2.56. The molecule has 0 saturated heterocycles. The summed E-state index contributed by atoms with van der Waals surface area (Å²) >= 11 is 0. The number of aromatic nitrogens is 2. The smallest absolute Gasteiger partial charge is 0.191 e. The van der Waals surface area contributed by atoms with Crippen molar-refractivity contribution >= 4 is 5.96 Å². The quantitative estimate of drug-likeness (QED) is 0.458. The highest BCUT2D eigenvalue weighted by Gasteiger charge is 2.06. The fourth-order valence-corrected chi connectivity index (χ4v) is 2.82. The molecule has 1 aromatic heterocycles. The molecule has 0 amide bonds. The number of aryl methyl sites for hydroxylation is 1. The van der Waals surface area contributed by atoms with E-state index in [4.69, 9.17) is 9.47 Å². The number of guanidine groups is 1. The van der Waals surface area contributed by atoms with Crippen LogP contribution < -0.4 is 20.1 Å². The lowest BCUT2D eigenvalue weighted by Gasteiger charge is -2.13. The van der Waals surface area contributed by atoms with Gasteiger partial charge in [-0.05, 0) is 56.9 Å². The van der Waals surface area contributed by atoms with Gasteiger partial charge in [0.15, 0.2) is 17.5 Å². The van der Waals surface area contributed by atoms with Gasteiger partial charge in [-0.25, -0.2) is 0 Å². The number of rotatable bonds is 11. The molecule has 0 bridgehead atoms. The third kappa shape index (κ3) is 7.13. The Morgan fingerprint density at radius 3 is 2.50 bits per heavy atom. The lowest BCUT2D eigenvalue weighted by Crippen LogP contribution is -2.38. The van der Waals surface area contributed by atoms with Gasteiger partial charge in [-0.2, -0.15) is 5.10 Å². The molecule has 0 atom stereocenters. The lowest BCUT2D eigenvalue weighted by molar-refractivity contribution is 0.287. The highest BCUT2D eigenvalue weighted by molar-refractivity contribution is 5.79. The topological polar surface area (TPSA) is 72.7 Å². The maximum atomic E-state index is 5.70. The second-order valence-corrected chi connectivity index (χ2v) is 6.36. The van der Waals surface area contributed by atoms with Gasteiger partial charge in [-0.1, -0.05) is 6.07 Å². The third-order valence-corrected chi connectivity index (χ3v) is 4.09. The second kappa shape index (κ2) is 11.9. The van der Waals surface area contributed by atoms with Crippen molar-refractivity contribution < 1.29 is 9.47 Å². The van der Waals surface area contributed by atoms with Gasteiger partial charge < -0.3 is 20.1 Å². The van der Waals surface area contributed by atoms with Crippen LogP contribution in [-0.2, 0) is 19.9 Å². The van der Waals surface area contributed by atoms with E-state index in [0.717, 1.165) is 43.4 Å². The van der Waals surface area contributed by atoms with Gasteiger partial charge in [-0.3, -0.25) is 9.67 Å². The number of nitrogens with zero attached hydrogens (tertiary/aromatic N) is 3. The number of hydrogen-bond acceptors (Lipinski definition) is 4. The molecular formula is C21H33N5O2. The number of hydrogen-bond donors (Lipinski definition) is 2. The summed E-state index contributed by atoms with van der Waals surface area (Å²) in [4.78, 5) is 4.68. The van der Waals surface area contributed by atoms with Crippen LogP contribution in [-0.4, -0.2) is 48.6 Å². The summed E-state index contributed by atoms with van der Waals surface area (Å²) in [6.45, 7) is 9.61. The summed E-state index contributed by atoms with van der Waals surface area (Å²) < 4.78 is 13.1. The van der Waals surface area contributed by atoms with E-state index in [1.165, 1.54) is 11.1 Å². The fraction of sp³-hybridized carbons (Fsp3) is 0.524. The minimum Gasteiger partial charge on any atom is -0.490 e. The Morgan fingerprint density at radius 2 is 1.82 bits per heavy atom. The van der Waals surface area contributed by atoms with Crippen molar-refractivity contribution in [1.29, 1.82) is 0 Å². The summed E-state index contributed by atoms with van der Waals surface area (Å²) in [5, 5.41) is 10.9. The van der Waals surface area contributed by atoms with Crippen molar-refractivity contribution in [3.63, 3.8) is 0 Å². The number of benzene rings is 1. The molecule has 2 aromatic rings. The van der Waals surface area contributed by atoms with E-state index >= 15 is 0 Å². The molecule has 28 heavy (non-hydrogen) atoms. The van der Waals surface area contributed by atoms with Crippen LogP contribution in [0.5, 0.6) is 11.5 Å². The first-order chi connectivity index (χ1) is 13.7. The van der Waals surface area contributed by atoms with Crippen molar-refractivity contribution in [1.82, 2.24) is 20.4 Å². The molecular weight excluding hydrogens is 354 g/mol. The fourth-order valence-electron chi connectivity index (χ4n) is 2.82. The first-order valence-corrected chi connectivity index (χ1v) is 10.0. The van der Waals surface area contributed by atoms with E-state index in [1.807, 2.05) is 50.1 Å². The van der Waals surface area contributed by atoms with Crippen LogP contribution in [0.25, 0.3) is 0 Å². The van der Waals surface area contributed by atoms with Crippen LogP contribution in [0.2, 0.25) is 0 Å². The highest BCUT2D eigenvalue weighted by Crippen LogP contribution is 2.28. The molecule has 0 radical (unpaired) electrons. The highest BCUT2D eigenvalue weighted by atomic mass is 16.5. The van der Waals surface area contributed by atoms with Gasteiger partial charge in [0.25, 0.3) is 0 Å². The molecule has 1 heterocycles. The summed E-state index contributed by atoms with van der Waals surface area (Å²) in [7, 11) is 1.93. The molecule has 2 N–H and O–H groups in total. The van der Waals surface area contributed by atoms with E-state index in [0.29, 0.717) is 19.8 Å². The number of aliphatic imine (C=N–C) groups is 1. The van der Waals surface area contributed by atoms with Crippen LogP contribution in [0.15, 0.2) is 35.6 Å². The predicted molar refractivity (Wildman–Crippen MR) is 113 cm³/mol. The Labute approximate surface area is 168 Å². The minimum absolute atomic E-state index is 0.618. The van der Waals surface area contributed by atoms with Gasteiger partial charge >= 0.3 is 0 Å². The van der Waals surface area contributed by atoms with Crippen molar-refractivity contribution in [2.24, 2.45) is 12.0 Å². The average molecular weight is 388 g/mol. The van der Waals surface area contributed by atoms with E-state index < -0.39 is 0 Å². The molecule has 0 saturated carbocycles. The van der Waals surface area contributed by atoms with Gasteiger partial charge in [0.1, 0.15) is 0 Å². The van der Waals surface area contributed by atoms with E-state index in [-0.39, 0.29) is 0 Å². The molecule has 0 fully saturated rings. The zero-order chi connectivity index (χ0) is 20.2. The molecule has 2 rings (SSSR count). The summed E-state index contributed by atoms with van der Waals surface area (Å²) in [5.74, 6) is 2.43. The van der Waals surface area contributed by atoms with Crippen molar-refractivity contribution in [3.8, 4) is 11.5 Å². The molecule has 7 heteroatoms. The van der Waals surface area contributed by atoms with Gasteiger partial charge in [0.05, 0.1) is 19.4 Å². The Bertz CT molecular complexity index is 742. The van der Waals surface area contributed by atoms with Crippen LogP contribution in [0.1, 0.15) is 31.9 Å². The molecule has 1 aromatic carbocycles. The molecule has 0 unspecified atom stereocenters. The minimum atomic E-state index is 0.618. The van der Waals surface area contributed by atoms with Crippen LogP contribution in [0.4, 0.5) is 0 Å². The molecule has 0 aliphatic carbocycles. The standard InChI is InChI=1S/C21H33N5O2/c1-5-22-21(24-13-11-18-15-25-26(4)16-18)23-12-10-17-8-9-19(27-6-2)20(14-17)28-7-3/h8-9,14-16H,5-7,10-13H2,1-4H3,(H2,22,23,24). The van der Waals surface area contributed by atoms with E-state index in [9.17, 15) is 0 Å². The van der Waals surface area contributed by atoms with Gasteiger partial charge in [0, 0.05) is 32.9 Å². The lowest BCUT2D eigenvalue weighted by atomic mass is 10.1. The van der Waals surface area contributed by atoms with Crippen molar-refractivity contribution in [2.75, 3.05) is 32.8 Å². The Balaban J connectivity index is 1.88. The monoisotopic (exact) mass is 387 g/mol. The molecule has 7 nitrogen and oxygen atoms in total. The van der Waals surface area contributed by atoms with Crippen LogP contribution in [0, 0.1) is 0 Å². The van der Waals surface area contributed by atoms with Gasteiger partial charge in [0.2, 0.25) is 0 Å². The zero-order valence-corrected chi connectivity index (χ0v) is 17.5. The van der Waals surface area contributed by atoms with E-state index in [2.05, 4.69) is 33.7 Å². The van der Waals surface area contributed by atoms with Crippen molar-refractivity contribution in [3.05, 3.63) is 41.7 Å². The average Bonchev–Trinajstić information content (AvgIpc) is 3.09. The van der Waals surface area contributed by atoms with Crippen molar-refractivity contribution in [2.45, 2.75) is 33.6 Å². The number of nitrogens with one attached hydrogen (secondary N) is 2. The molecule has 0 spiro atoms. The maximum absolute atomic E-state index is 5.70. The second-order valence-electron chi connectivity index (χ2n) is 6.36.